The van der Waals surface area contributed by atoms with Crippen molar-refractivity contribution in [3.8, 4) is 5.75 Å². The van der Waals surface area contributed by atoms with Crippen LogP contribution in [0.25, 0.3) is 0 Å². The molecule has 0 aliphatic heterocycles. The van der Waals surface area contributed by atoms with E-state index < -0.39 is 6.36 Å². The van der Waals surface area contributed by atoms with Crippen LogP contribution in [0.3, 0.4) is 0 Å². The minimum Gasteiger partial charge on any atom is -0.423 e. The molecular formula is C16H20F3N3O2. The molecule has 8 heteroatoms. The van der Waals surface area contributed by atoms with Gasteiger partial charge in [-0.3, -0.25) is 4.90 Å². The van der Waals surface area contributed by atoms with E-state index in [0.29, 0.717) is 23.9 Å². The average molecular weight is 343 g/mol. The molecule has 0 spiro atoms. The second kappa shape index (κ2) is 6.80. The van der Waals surface area contributed by atoms with Crippen LogP contribution >= 0.6 is 0 Å². The standard InChI is InChI=1S/C16H20F3N3O2/c1-15(2,3)14-21-20-13(23-14)10-22(4)9-11-7-5-6-8-12(11)24-16(17,18)19/h5-8H,9-10H2,1-4H3. The predicted octanol–water partition coefficient (Wildman–Crippen LogP) is 3.90. The first-order chi connectivity index (χ1) is 11.0. The van der Waals surface area contributed by atoms with E-state index in [1.54, 1.807) is 24.1 Å². The lowest BCUT2D eigenvalue weighted by molar-refractivity contribution is -0.275. The summed E-state index contributed by atoms with van der Waals surface area (Å²) in [6.07, 6.45) is -4.72. The van der Waals surface area contributed by atoms with Crippen LogP contribution in [-0.4, -0.2) is 28.5 Å². The monoisotopic (exact) mass is 343 g/mol. The molecule has 2 rings (SSSR count). The highest BCUT2D eigenvalue weighted by Crippen LogP contribution is 2.27. The first-order valence-corrected chi connectivity index (χ1v) is 7.39. The molecule has 24 heavy (non-hydrogen) atoms. The lowest BCUT2D eigenvalue weighted by Crippen LogP contribution is -2.21. The fraction of sp³-hybridized carbons (Fsp3) is 0.500. The van der Waals surface area contributed by atoms with Crippen LogP contribution in [0.1, 0.15) is 38.1 Å². The summed E-state index contributed by atoms with van der Waals surface area (Å²) < 4.78 is 47.0. The van der Waals surface area contributed by atoms with Crippen molar-refractivity contribution in [3.05, 3.63) is 41.6 Å². The minimum atomic E-state index is -4.72. The second-order valence-electron chi connectivity index (χ2n) is 6.58. The number of ether oxygens (including phenoxy) is 1. The van der Waals surface area contributed by atoms with E-state index in [1.807, 2.05) is 20.8 Å². The van der Waals surface area contributed by atoms with E-state index in [4.69, 9.17) is 4.42 Å². The third-order valence-electron chi connectivity index (χ3n) is 3.15. The summed E-state index contributed by atoms with van der Waals surface area (Å²) in [7, 11) is 1.76. The third-order valence-corrected chi connectivity index (χ3v) is 3.15. The number of para-hydroxylation sites is 1. The Morgan fingerprint density at radius 1 is 1.08 bits per heavy atom. The average Bonchev–Trinajstić information content (AvgIpc) is 2.87. The Morgan fingerprint density at radius 2 is 1.75 bits per heavy atom. The molecule has 0 bridgehead atoms. The van der Waals surface area contributed by atoms with Crippen LogP contribution < -0.4 is 4.74 Å². The van der Waals surface area contributed by atoms with Gasteiger partial charge in [-0.25, -0.2) is 0 Å². The van der Waals surface area contributed by atoms with Crippen molar-refractivity contribution in [3.63, 3.8) is 0 Å². The summed E-state index contributed by atoms with van der Waals surface area (Å²) in [5.74, 6) is 0.723. The number of alkyl halides is 3. The number of nitrogens with zero attached hydrogens (tertiary/aromatic N) is 3. The Labute approximate surface area is 138 Å². The normalized spacial score (nSPS) is 12.7. The number of rotatable bonds is 5. The predicted molar refractivity (Wildman–Crippen MR) is 81.3 cm³/mol. The molecule has 0 atom stereocenters. The van der Waals surface area contributed by atoms with Gasteiger partial charge in [0.25, 0.3) is 0 Å². The maximum Gasteiger partial charge on any atom is 0.573 e. The van der Waals surface area contributed by atoms with E-state index in [-0.39, 0.29) is 17.7 Å². The summed E-state index contributed by atoms with van der Waals surface area (Å²) >= 11 is 0. The Kier molecular flexibility index (Phi) is 5.17. The van der Waals surface area contributed by atoms with E-state index in [1.165, 1.54) is 12.1 Å². The molecule has 0 saturated carbocycles. The molecule has 0 aliphatic rings. The summed E-state index contributed by atoms with van der Waals surface area (Å²) in [6, 6.07) is 6.04. The van der Waals surface area contributed by atoms with Gasteiger partial charge in [-0.15, -0.1) is 23.4 Å². The molecule has 0 amide bonds. The second-order valence-corrected chi connectivity index (χ2v) is 6.58. The lowest BCUT2D eigenvalue weighted by atomic mass is 9.97. The van der Waals surface area contributed by atoms with Crippen LogP contribution in [0, 0.1) is 0 Å². The minimum absolute atomic E-state index is 0.210. The topological polar surface area (TPSA) is 51.4 Å². The maximum absolute atomic E-state index is 12.5. The molecule has 1 aromatic carbocycles. The summed E-state index contributed by atoms with van der Waals surface area (Å²) in [5.41, 5.74) is 0.171. The van der Waals surface area contributed by atoms with Gasteiger partial charge in [0.15, 0.2) is 0 Å². The smallest absolute Gasteiger partial charge is 0.423 e. The molecule has 5 nitrogen and oxygen atoms in total. The van der Waals surface area contributed by atoms with Gasteiger partial charge in [0.1, 0.15) is 5.75 Å². The molecule has 0 unspecified atom stereocenters. The fourth-order valence-corrected chi connectivity index (χ4v) is 2.06. The Bertz CT molecular complexity index is 678. The van der Waals surface area contributed by atoms with Crippen molar-refractivity contribution < 1.29 is 22.3 Å². The number of hydrogen-bond acceptors (Lipinski definition) is 5. The van der Waals surface area contributed by atoms with Gasteiger partial charge in [-0.05, 0) is 13.1 Å². The zero-order valence-corrected chi connectivity index (χ0v) is 14.0. The van der Waals surface area contributed by atoms with Gasteiger partial charge in [0, 0.05) is 17.5 Å². The van der Waals surface area contributed by atoms with Crippen molar-refractivity contribution in [2.75, 3.05) is 7.05 Å². The van der Waals surface area contributed by atoms with Gasteiger partial charge in [-0.2, -0.15) is 0 Å². The van der Waals surface area contributed by atoms with E-state index >= 15 is 0 Å². The SMILES string of the molecule is CN(Cc1nnc(C(C)(C)C)o1)Cc1ccccc1OC(F)(F)F. The van der Waals surface area contributed by atoms with Crippen molar-refractivity contribution in [2.24, 2.45) is 0 Å². The van der Waals surface area contributed by atoms with Gasteiger partial charge >= 0.3 is 6.36 Å². The zero-order valence-electron chi connectivity index (χ0n) is 14.0. The van der Waals surface area contributed by atoms with Gasteiger partial charge in [-0.1, -0.05) is 39.0 Å². The number of hydrogen-bond donors (Lipinski definition) is 0. The van der Waals surface area contributed by atoms with Crippen molar-refractivity contribution in [1.29, 1.82) is 0 Å². The first-order valence-electron chi connectivity index (χ1n) is 7.39. The molecule has 0 radical (unpaired) electrons. The van der Waals surface area contributed by atoms with Crippen molar-refractivity contribution in [1.82, 2.24) is 15.1 Å². The lowest BCUT2D eigenvalue weighted by Gasteiger charge is -2.18. The van der Waals surface area contributed by atoms with E-state index in [2.05, 4.69) is 14.9 Å². The van der Waals surface area contributed by atoms with Crippen LogP contribution in [0.5, 0.6) is 5.75 Å². The molecular weight excluding hydrogens is 323 g/mol. The van der Waals surface area contributed by atoms with Crippen molar-refractivity contribution in [2.45, 2.75) is 45.6 Å². The molecule has 2 aromatic rings. The van der Waals surface area contributed by atoms with Crippen LogP contribution in [0.15, 0.2) is 28.7 Å². The Hall–Kier alpha value is -2.09. The van der Waals surface area contributed by atoms with Crippen molar-refractivity contribution >= 4 is 0 Å². The zero-order chi connectivity index (χ0) is 18.0. The largest absolute Gasteiger partial charge is 0.573 e. The van der Waals surface area contributed by atoms with E-state index in [0.717, 1.165) is 0 Å². The van der Waals surface area contributed by atoms with Gasteiger partial charge in [0.2, 0.25) is 11.8 Å². The number of benzene rings is 1. The Balaban J connectivity index is 2.05. The van der Waals surface area contributed by atoms with Gasteiger partial charge < -0.3 is 9.15 Å². The summed E-state index contributed by atoms with van der Waals surface area (Å²) in [5, 5.41) is 7.97. The molecule has 0 fully saturated rings. The Morgan fingerprint density at radius 3 is 2.33 bits per heavy atom. The molecule has 1 aromatic heterocycles. The number of aromatic nitrogens is 2. The molecule has 0 N–H and O–H groups in total. The molecule has 0 saturated heterocycles. The highest BCUT2D eigenvalue weighted by Gasteiger charge is 2.32. The number of halogens is 3. The first kappa shape index (κ1) is 18.3. The van der Waals surface area contributed by atoms with Crippen LogP contribution in [-0.2, 0) is 18.5 Å². The third kappa shape index (κ3) is 5.23. The fourth-order valence-electron chi connectivity index (χ4n) is 2.06. The van der Waals surface area contributed by atoms with Crippen LogP contribution in [0.4, 0.5) is 13.2 Å². The quantitative estimate of drug-likeness (QED) is 0.824. The molecule has 132 valence electrons. The summed E-state index contributed by atoms with van der Waals surface area (Å²) in [6.45, 7) is 6.44. The van der Waals surface area contributed by atoms with Gasteiger partial charge in [0.05, 0.1) is 6.54 Å². The highest BCUT2D eigenvalue weighted by molar-refractivity contribution is 5.33. The molecule has 1 heterocycles. The maximum atomic E-state index is 12.5. The van der Waals surface area contributed by atoms with E-state index in [9.17, 15) is 13.2 Å². The highest BCUT2D eigenvalue weighted by atomic mass is 19.4. The molecule has 0 aliphatic carbocycles. The van der Waals surface area contributed by atoms with Crippen LogP contribution in [0.2, 0.25) is 0 Å². The summed E-state index contributed by atoms with van der Waals surface area (Å²) in [4.78, 5) is 1.78.